The number of carbonyl (C=O) groups is 1. The van der Waals surface area contributed by atoms with Crippen LogP contribution >= 0.6 is 0 Å². The number of benzene rings is 2. The van der Waals surface area contributed by atoms with Gasteiger partial charge in [0.15, 0.2) is 11.5 Å². The van der Waals surface area contributed by atoms with E-state index in [-0.39, 0.29) is 12.5 Å². The van der Waals surface area contributed by atoms with Gasteiger partial charge in [-0.1, -0.05) is 42.5 Å². The summed E-state index contributed by atoms with van der Waals surface area (Å²) in [5, 5.41) is 0. The van der Waals surface area contributed by atoms with Gasteiger partial charge in [-0.05, 0) is 36.5 Å². The molecule has 0 aromatic heterocycles. The Kier molecular flexibility index (Phi) is 5.58. The molecule has 2 aliphatic rings. The van der Waals surface area contributed by atoms with Crippen molar-refractivity contribution >= 4 is 5.91 Å². The fourth-order valence-corrected chi connectivity index (χ4v) is 3.66. The smallest absolute Gasteiger partial charge is 0.267 e. The number of fused-ring (bicyclic) bond motifs is 1. The quantitative estimate of drug-likeness (QED) is 0.814. The Bertz CT molecular complexity index is 764. The lowest BCUT2D eigenvalue weighted by molar-refractivity contribution is -0.143. The molecule has 142 valence electrons. The Labute approximate surface area is 159 Å². The molecule has 2 aromatic carbocycles. The largest absolute Gasteiger partial charge is 0.485 e. The van der Waals surface area contributed by atoms with Crippen molar-refractivity contribution in [2.24, 2.45) is 5.92 Å². The zero-order valence-electron chi connectivity index (χ0n) is 15.4. The molecule has 2 atom stereocenters. The number of hydrogen-bond acceptors (Lipinski definition) is 4. The number of nitrogens with zero attached hydrogens (tertiary/aromatic N) is 1. The van der Waals surface area contributed by atoms with Crippen LogP contribution in [0.15, 0.2) is 54.6 Å². The highest BCUT2D eigenvalue weighted by molar-refractivity contribution is 5.82. The van der Waals surface area contributed by atoms with Gasteiger partial charge in [-0.15, -0.1) is 0 Å². The maximum Gasteiger partial charge on any atom is 0.267 e. The molecule has 0 bridgehead atoms. The number of ether oxygens (including phenoxy) is 3. The predicted octanol–water partition coefficient (Wildman–Crippen LogP) is 3.28. The molecule has 1 saturated heterocycles. The van der Waals surface area contributed by atoms with Crippen LogP contribution in [0.5, 0.6) is 11.5 Å². The predicted molar refractivity (Wildman–Crippen MR) is 102 cm³/mol. The third-order valence-electron chi connectivity index (χ3n) is 5.08. The van der Waals surface area contributed by atoms with Crippen LogP contribution in [-0.2, 0) is 16.1 Å². The normalized spacial score (nSPS) is 21.7. The van der Waals surface area contributed by atoms with Crippen LogP contribution in [0.4, 0.5) is 0 Å². The second-order valence-corrected chi connectivity index (χ2v) is 7.16. The van der Waals surface area contributed by atoms with Crippen molar-refractivity contribution in [3.8, 4) is 11.5 Å². The lowest BCUT2D eigenvalue weighted by atomic mass is 9.98. The summed E-state index contributed by atoms with van der Waals surface area (Å²) in [6.45, 7) is 3.04. The first-order valence-corrected chi connectivity index (χ1v) is 9.58. The van der Waals surface area contributed by atoms with Crippen molar-refractivity contribution < 1.29 is 19.0 Å². The van der Waals surface area contributed by atoms with Crippen LogP contribution in [0.2, 0.25) is 0 Å². The van der Waals surface area contributed by atoms with Gasteiger partial charge in [0, 0.05) is 13.1 Å². The SMILES string of the molecule is O=C(C1COc2ccccc2O1)N1CCCC(COCc2ccccc2)C1. The van der Waals surface area contributed by atoms with Gasteiger partial charge in [0.1, 0.15) is 6.61 Å². The lowest BCUT2D eigenvalue weighted by Crippen LogP contribution is -2.50. The van der Waals surface area contributed by atoms with Crippen LogP contribution in [0.3, 0.4) is 0 Å². The number of piperidine rings is 1. The number of likely N-dealkylation sites (tertiary alicyclic amines) is 1. The first-order chi connectivity index (χ1) is 13.3. The summed E-state index contributed by atoms with van der Waals surface area (Å²) >= 11 is 0. The molecule has 1 fully saturated rings. The monoisotopic (exact) mass is 367 g/mol. The van der Waals surface area contributed by atoms with E-state index in [1.165, 1.54) is 5.56 Å². The van der Waals surface area contributed by atoms with Crippen LogP contribution in [0, 0.1) is 5.92 Å². The molecule has 2 aromatic rings. The number of amides is 1. The molecular weight excluding hydrogens is 342 g/mol. The molecule has 2 aliphatic heterocycles. The third kappa shape index (κ3) is 4.42. The summed E-state index contributed by atoms with van der Waals surface area (Å²) in [7, 11) is 0. The zero-order valence-corrected chi connectivity index (χ0v) is 15.4. The number of rotatable bonds is 5. The molecule has 0 N–H and O–H groups in total. The molecule has 27 heavy (non-hydrogen) atoms. The van der Waals surface area contributed by atoms with Gasteiger partial charge in [0.05, 0.1) is 13.2 Å². The average molecular weight is 367 g/mol. The Hall–Kier alpha value is -2.53. The molecule has 2 unspecified atom stereocenters. The maximum absolute atomic E-state index is 12.9. The van der Waals surface area contributed by atoms with Crippen molar-refractivity contribution in [3.05, 3.63) is 60.2 Å². The first-order valence-electron chi connectivity index (χ1n) is 9.58. The standard InChI is InChI=1S/C22H25NO4/c24-22(21-16-26-19-10-4-5-11-20(19)27-21)23-12-6-9-18(13-23)15-25-14-17-7-2-1-3-8-17/h1-5,7-8,10-11,18,21H,6,9,12-16H2. The summed E-state index contributed by atoms with van der Waals surface area (Å²) in [5.41, 5.74) is 1.17. The van der Waals surface area contributed by atoms with Crippen LogP contribution in [0.1, 0.15) is 18.4 Å². The highest BCUT2D eigenvalue weighted by Gasteiger charge is 2.33. The summed E-state index contributed by atoms with van der Waals surface area (Å²) in [5.74, 6) is 1.72. The van der Waals surface area contributed by atoms with Crippen molar-refractivity contribution in [2.75, 3.05) is 26.3 Å². The minimum atomic E-state index is -0.566. The van der Waals surface area contributed by atoms with Gasteiger partial charge >= 0.3 is 0 Å². The fourth-order valence-electron chi connectivity index (χ4n) is 3.66. The van der Waals surface area contributed by atoms with E-state index in [0.29, 0.717) is 30.6 Å². The van der Waals surface area contributed by atoms with E-state index in [1.54, 1.807) is 0 Å². The van der Waals surface area contributed by atoms with Crippen molar-refractivity contribution in [1.29, 1.82) is 0 Å². The minimum absolute atomic E-state index is 0.0114. The maximum atomic E-state index is 12.9. The van der Waals surface area contributed by atoms with Crippen LogP contribution in [0.25, 0.3) is 0 Å². The van der Waals surface area contributed by atoms with Crippen molar-refractivity contribution in [2.45, 2.75) is 25.6 Å². The molecular formula is C22H25NO4. The second-order valence-electron chi connectivity index (χ2n) is 7.16. The highest BCUT2D eigenvalue weighted by atomic mass is 16.6. The Balaban J connectivity index is 1.28. The third-order valence-corrected chi connectivity index (χ3v) is 5.08. The number of para-hydroxylation sites is 2. The number of carbonyl (C=O) groups excluding carboxylic acids is 1. The highest BCUT2D eigenvalue weighted by Crippen LogP contribution is 2.31. The summed E-state index contributed by atoms with van der Waals surface area (Å²) < 4.78 is 17.5. The lowest BCUT2D eigenvalue weighted by Gasteiger charge is -2.36. The average Bonchev–Trinajstić information content (AvgIpc) is 2.74. The molecule has 2 heterocycles. The Morgan fingerprint density at radius 2 is 1.85 bits per heavy atom. The molecule has 0 spiro atoms. The molecule has 0 aliphatic carbocycles. The van der Waals surface area contributed by atoms with Crippen LogP contribution in [-0.4, -0.2) is 43.2 Å². The first kappa shape index (κ1) is 17.9. The van der Waals surface area contributed by atoms with E-state index in [9.17, 15) is 4.79 Å². The zero-order chi connectivity index (χ0) is 18.5. The molecule has 1 amide bonds. The molecule has 4 rings (SSSR count). The Morgan fingerprint density at radius 3 is 2.70 bits per heavy atom. The summed E-state index contributed by atoms with van der Waals surface area (Å²) in [4.78, 5) is 14.8. The molecule has 5 nitrogen and oxygen atoms in total. The van der Waals surface area contributed by atoms with E-state index in [1.807, 2.05) is 47.4 Å². The van der Waals surface area contributed by atoms with Gasteiger partial charge in [-0.3, -0.25) is 4.79 Å². The van der Waals surface area contributed by atoms with E-state index >= 15 is 0 Å². The Morgan fingerprint density at radius 1 is 1.07 bits per heavy atom. The summed E-state index contributed by atoms with van der Waals surface area (Å²) in [6, 6.07) is 17.6. The molecule has 5 heteroatoms. The minimum Gasteiger partial charge on any atom is -0.485 e. The molecule has 0 radical (unpaired) electrons. The van der Waals surface area contributed by atoms with Gasteiger partial charge in [0.2, 0.25) is 6.10 Å². The summed E-state index contributed by atoms with van der Waals surface area (Å²) in [6.07, 6.45) is 1.52. The van der Waals surface area contributed by atoms with E-state index in [0.717, 1.165) is 25.9 Å². The molecule has 0 saturated carbocycles. The van der Waals surface area contributed by atoms with Gasteiger partial charge < -0.3 is 19.1 Å². The van der Waals surface area contributed by atoms with Gasteiger partial charge in [-0.25, -0.2) is 0 Å². The topological polar surface area (TPSA) is 48.0 Å². The number of hydrogen-bond donors (Lipinski definition) is 0. The fraction of sp³-hybridized carbons (Fsp3) is 0.409. The van der Waals surface area contributed by atoms with Crippen molar-refractivity contribution in [1.82, 2.24) is 4.90 Å². The van der Waals surface area contributed by atoms with E-state index in [4.69, 9.17) is 14.2 Å². The van der Waals surface area contributed by atoms with Crippen molar-refractivity contribution in [3.63, 3.8) is 0 Å². The van der Waals surface area contributed by atoms with Crippen LogP contribution < -0.4 is 9.47 Å². The second kappa shape index (κ2) is 8.44. The van der Waals surface area contributed by atoms with Gasteiger partial charge in [-0.2, -0.15) is 0 Å². The van der Waals surface area contributed by atoms with Gasteiger partial charge in [0.25, 0.3) is 5.91 Å². The van der Waals surface area contributed by atoms with E-state index < -0.39 is 6.10 Å². The van der Waals surface area contributed by atoms with E-state index in [2.05, 4.69) is 12.1 Å².